The molecule has 8 nitrogen and oxygen atoms in total. The van der Waals surface area contributed by atoms with Gasteiger partial charge in [0.1, 0.15) is 12.1 Å². The Hall–Kier alpha value is -2.64. The molecule has 1 aromatic heterocycles. The Morgan fingerprint density at radius 2 is 2.25 bits per heavy atom. The lowest BCUT2D eigenvalue weighted by Gasteiger charge is -2.07. The third-order valence-electron chi connectivity index (χ3n) is 2.66. The monoisotopic (exact) mass is 277 g/mol. The van der Waals surface area contributed by atoms with Gasteiger partial charge in [-0.1, -0.05) is 0 Å². The van der Waals surface area contributed by atoms with Gasteiger partial charge in [-0.15, -0.1) is 0 Å². The lowest BCUT2D eigenvalue weighted by molar-refractivity contribution is -0.384. The van der Waals surface area contributed by atoms with Gasteiger partial charge in [-0.05, 0) is 0 Å². The highest BCUT2D eigenvalue weighted by molar-refractivity contribution is 5.56. The Labute approximate surface area is 115 Å². The summed E-state index contributed by atoms with van der Waals surface area (Å²) in [6.07, 6.45) is 2.26. The van der Waals surface area contributed by atoms with Crippen molar-refractivity contribution in [2.45, 2.75) is 6.42 Å². The second kappa shape index (κ2) is 6.00. The molecule has 20 heavy (non-hydrogen) atoms. The molecular formula is C12H15N5O3. The minimum atomic E-state index is -0.450. The molecule has 0 atom stereocenters. The zero-order chi connectivity index (χ0) is 14.5. The predicted molar refractivity (Wildman–Crippen MR) is 72.8 cm³/mol. The van der Waals surface area contributed by atoms with Gasteiger partial charge in [-0.25, -0.2) is 4.98 Å². The number of rotatable bonds is 6. The van der Waals surface area contributed by atoms with Crippen LogP contribution in [0.15, 0.2) is 24.5 Å². The van der Waals surface area contributed by atoms with E-state index >= 15 is 0 Å². The highest BCUT2D eigenvalue weighted by atomic mass is 16.6. The van der Waals surface area contributed by atoms with E-state index in [1.165, 1.54) is 19.2 Å². The third kappa shape index (κ3) is 3.44. The molecule has 0 saturated carbocycles. The average molecular weight is 277 g/mol. The molecule has 0 bridgehead atoms. The molecule has 2 rings (SSSR count). The fourth-order valence-electron chi connectivity index (χ4n) is 1.73. The Bertz CT molecular complexity index is 611. The third-order valence-corrected chi connectivity index (χ3v) is 2.66. The molecule has 8 heteroatoms. The van der Waals surface area contributed by atoms with Gasteiger partial charge in [0.05, 0.1) is 18.1 Å². The second-order valence-electron chi connectivity index (χ2n) is 4.19. The van der Waals surface area contributed by atoms with Crippen LogP contribution in [-0.4, -0.2) is 33.3 Å². The van der Waals surface area contributed by atoms with E-state index < -0.39 is 4.92 Å². The van der Waals surface area contributed by atoms with Crippen molar-refractivity contribution in [3.05, 3.63) is 40.5 Å². The Morgan fingerprint density at radius 1 is 1.45 bits per heavy atom. The Kier molecular flexibility index (Phi) is 4.14. The number of methoxy groups -OCH3 is 1. The van der Waals surface area contributed by atoms with Crippen molar-refractivity contribution in [1.82, 2.24) is 14.8 Å². The lowest BCUT2D eigenvalue weighted by atomic mass is 10.2. The molecule has 1 heterocycles. The van der Waals surface area contributed by atoms with Gasteiger partial charge in [0.2, 0.25) is 0 Å². The predicted octanol–water partition coefficient (Wildman–Crippen LogP) is 1.39. The maximum atomic E-state index is 10.8. The summed E-state index contributed by atoms with van der Waals surface area (Å²) in [5.41, 5.74) is 0.620. The summed E-state index contributed by atoms with van der Waals surface area (Å²) in [5, 5.41) is 18.1. The molecule has 1 N–H and O–H groups in total. The number of anilines is 1. The van der Waals surface area contributed by atoms with Crippen molar-refractivity contribution in [3.63, 3.8) is 0 Å². The highest BCUT2D eigenvalue weighted by Crippen LogP contribution is 2.25. The van der Waals surface area contributed by atoms with Crippen LogP contribution in [0, 0.1) is 10.1 Å². The number of nitro benzene ring substituents is 1. The number of hydrogen-bond acceptors (Lipinski definition) is 6. The maximum Gasteiger partial charge on any atom is 0.275 e. The number of nitrogens with one attached hydrogen (secondary N) is 1. The zero-order valence-electron chi connectivity index (χ0n) is 11.2. The molecule has 0 spiro atoms. The summed E-state index contributed by atoms with van der Waals surface area (Å²) < 4.78 is 6.67. The first kappa shape index (κ1) is 13.8. The Morgan fingerprint density at radius 3 is 2.85 bits per heavy atom. The van der Waals surface area contributed by atoms with Crippen LogP contribution < -0.4 is 10.1 Å². The number of benzene rings is 1. The molecule has 0 aliphatic rings. The molecule has 0 aliphatic heterocycles. The minimum absolute atomic E-state index is 0.0113. The number of aromatic nitrogens is 3. The van der Waals surface area contributed by atoms with E-state index in [1.807, 2.05) is 0 Å². The highest BCUT2D eigenvalue weighted by Gasteiger charge is 2.10. The Balaban J connectivity index is 2.01. The van der Waals surface area contributed by atoms with E-state index in [9.17, 15) is 10.1 Å². The summed E-state index contributed by atoms with van der Waals surface area (Å²) in [4.78, 5) is 14.5. The lowest BCUT2D eigenvalue weighted by Crippen LogP contribution is -2.07. The molecule has 0 amide bonds. The normalized spacial score (nSPS) is 10.3. The van der Waals surface area contributed by atoms with Gasteiger partial charge < -0.3 is 10.1 Å². The molecule has 0 aliphatic carbocycles. The van der Waals surface area contributed by atoms with Crippen molar-refractivity contribution in [3.8, 4) is 5.75 Å². The van der Waals surface area contributed by atoms with Crippen molar-refractivity contribution < 1.29 is 9.66 Å². The number of hydrogen-bond donors (Lipinski definition) is 1. The molecule has 0 unspecified atom stereocenters. The molecule has 1 aromatic carbocycles. The number of non-ortho nitro benzene ring substituents is 1. The fraction of sp³-hybridized carbons (Fsp3) is 0.333. The molecule has 0 radical (unpaired) electrons. The van der Waals surface area contributed by atoms with Gasteiger partial charge in [0.25, 0.3) is 5.69 Å². The molecular weight excluding hydrogens is 262 g/mol. The van der Waals surface area contributed by atoms with E-state index in [-0.39, 0.29) is 5.69 Å². The van der Waals surface area contributed by atoms with Crippen LogP contribution in [0.1, 0.15) is 5.82 Å². The van der Waals surface area contributed by atoms with E-state index in [4.69, 9.17) is 4.74 Å². The second-order valence-corrected chi connectivity index (χ2v) is 4.19. The minimum Gasteiger partial charge on any atom is -0.496 e. The quantitative estimate of drug-likeness (QED) is 0.633. The van der Waals surface area contributed by atoms with E-state index in [0.29, 0.717) is 24.4 Å². The fourth-order valence-corrected chi connectivity index (χ4v) is 1.73. The summed E-state index contributed by atoms with van der Waals surface area (Å²) >= 11 is 0. The maximum absolute atomic E-state index is 10.8. The van der Waals surface area contributed by atoms with Crippen LogP contribution in [-0.2, 0) is 13.5 Å². The van der Waals surface area contributed by atoms with Crippen LogP contribution >= 0.6 is 0 Å². The van der Waals surface area contributed by atoms with Crippen LogP contribution in [0.3, 0.4) is 0 Å². The molecule has 106 valence electrons. The van der Waals surface area contributed by atoms with Gasteiger partial charge in [-0.3, -0.25) is 14.8 Å². The van der Waals surface area contributed by atoms with Crippen LogP contribution in [0.2, 0.25) is 0 Å². The van der Waals surface area contributed by atoms with Gasteiger partial charge in [-0.2, -0.15) is 5.10 Å². The largest absolute Gasteiger partial charge is 0.496 e. The summed E-state index contributed by atoms with van der Waals surface area (Å²) in [7, 11) is 3.27. The van der Waals surface area contributed by atoms with E-state index in [0.717, 1.165) is 5.82 Å². The summed E-state index contributed by atoms with van der Waals surface area (Å²) in [6.45, 7) is 0.578. The van der Waals surface area contributed by atoms with Crippen molar-refractivity contribution in [2.75, 3.05) is 19.0 Å². The number of nitro groups is 1. The van der Waals surface area contributed by atoms with Crippen LogP contribution in [0.5, 0.6) is 5.75 Å². The summed E-state index contributed by atoms with van der Waals surface area (Å²) in [5.74, 6) is 1.16. The van der Waals surface area contributed by atoms with Gasteiger partial charge in [0, 0.05) is 37.8 Å². The number of aryl methyl sites for hydroxylation is 1. The van der Waals surface area contributed by atoms with Gasteiger partial charge in [0.15, 0.2) is 5.82 Å². The van der Waals surface area contributed by atoms with Crippen molar-refractivity contribution in [1.29, 1.82) is 0 Å². The van der Waals surface area contributed by atoms with Gasteiger partial charge >= 0.3 is 0 Å². The number of nitrogens with zero attached hydrogens (tertiary/aromatic N) is 4. The molecule has 0 saturated heterocycles. The first-order valence-corrected chi connectivity index (χ1v) is 6.00. The smallest absolute Gasteiger partial charge is 0.275 e. The summed E-state index contributed by atoms with van der Waals surface area (Å²) in [6, 6.07) is 4.55. The van der Waals surface area contributed by atoms with Crippen molar-refractivity contribution in [2.24, 2.45) is 7.05 Å². The molecule has 0 fully saturated rings. The topological polar surface area (TPSA) is 95.1 Å². The first-order valence-electron chi connectivity index (χ1n) is 6.00. The first-order chi connectivity index (χ1) is 9.58. The average Bonchev–Trinajstić information content (AvgIpc) is 2.84. The van der Waals surface area contributed by atoms with Crippen LogP contribution in [0.4, 0.5) is 11.4 Å². The SMILES string of the molecule is COc1cc(NCCc2ncn(C)n2)cc([N+](=O)[O-])c1. The number of ether oxygens (including phenoxy) is 1. The van der Waals surface area contributed by atoms with Crippen molar-refractivity contribution >= 4 is 11.4 Å². The van der Waals surface area contributed by atoms with E-state index in [1.54, 1.807) is 24.1 Å². The van der Waals surface area contributed by atoms with E-state index in [2.05, 4.69) is 15.4 Å². The molecule has 2 aromatic rings. The zero-order valence-corrected chi connectivity index (χ0v) is 11.2. The van der Waals surface area contributed by atoms with Crippen LogP contribution in [0.25, 0.3) is 0 Å². The standard InChI is InChI=1S/C12H15N5O3/c1-16-8-14-12(15-16)3-4-13-9-5-10(17(18)19)7-11(6-9)20-2/h5-8,13H,3-4H2,1-2H3.